The van der Waals surface area contributed by atoms with Gasteiger partial charge in [0.25, 0.3) is 5.91 Å². The molecule has 2 aromatic carbocycles. The third kappa shape index (κ3) is 4.55. The van der Waals surface area contributed by atoms with Crippen molar-refractivity contribution in [1.82, 2.24) is 9.78 Å². The summed E-state index contributed by atoms with van der Waals surface area (Å²) >= 11 is 0. The number of nitriles is 1. The molecule has 4 rings (SSSR count). The van der Waals surface area contributed by atoms with Gasteiger partial charge in [0.15, 0.2) is 11.6 Å². The van der Waals surface area contributed by atoms with Crippen molar-refractivity contribution in [1.29, 1.82) is 5.26 Å². The largest absolute Gasteiger partial charge is 0.486 e. The van der Waals surface area contributed by atoms with Gasteiger partial charge in [0.05, 0.1) is 11.9 Å². The van der Waals surface area contributed by atoms with Gasteiger partial charge in [-0.25, -0.2) is 4.68 Å². The molecule has 0 saturated heterocycles. The molecule has 1 N–H and O–H groups in total. The summed E-state index contributed by atoms with van der Waals surface area (Å²) in [5.74, 6) is 1.61. The maximum absolute atomic E-state index is 12.8. The molecule has 0 atom stereocenters. The number of nitrogens with one attached hydrogen (secondary N) is 1. The second-order valence-electron chi connectivity index (χ2n) is 7.50. The number of furan rings is 1. The standard InChI is InChI=1S/C25H22N4O3/c1-17(2)18-8-10-21(11-9-18)31-16-22-12-13-23(32-22)25(30)28-24-19(14-26)15-27-29(24)20-6-4-3-5-7-20/h3-13,15,17H,16H2,1-2H3,(H,28,30). The van der Waals surface area contributed by atoms with E-state index in [1.165, 1.54) is 16.4 Å². The van der Waals surface area contributed by atoms with Crippen molar-refractivity contribution in [3.8, 4) is 17.5 Å². The van der Waals surface area contributed by atoms with Gasteiger partial charge in [0, 0.05) is 0 Å². The Morgan fingerprint density at radius 1 is 1.12 bits per heavy atom. The molecule has 0 aliphatic rings. The van der Waals surface area contributed by atoms with Gasteiger partial charge in [-0.05, 0) is 47.9 Å². The third-order valence-electron chi connectivity index (χ3n) is 4.94. The van der Waals surface area contributed by atoms with E-state index in [0.29, 0.717) is 11.7 Å². The molecular formula is C25H22N4O3. The van der Waals surface area contributed by atoms with Gasteiger partial charge in [0.1, 0.15) is 29.7 Å². The number of ether oxygens (including phenoxy) is 1. The van der Waals surface area contributed by atoms with Crippen LogP contribution in [0.15, 0.2) is 77.3 Å². The minimum Gasteiger partial charge on any atom is -0.486 e. The molecule has 160 valence electrons. The summed E-state index contributed by atoms with van der Waals surface area (Å²) in [6.07, 6.45) is 1.41. The summed E-state index contributed by atoms with van der Waals surface area (Å²) in [5.41, 5.74) is 2.21. The fourth-order valence-electron chi connectivity index (χ4n) is 3.17. The van der Waals surface area contributed by atoms with Crippen molar-refractivity contribution in [3.05, 3.63) is 95.6 Å². The Bertz CT molecular complexity index is 1250. The number of anilines is 1. The molecule has 7 nitrogen and oxygen atoms in total. The fraction of sp³-hybridized carbons (Fsp3) is 0.160. The van der Waals surface area contributed by atoms with Crippen LogP contribution in [0.1, 0.15) is 47.2 Å². The first-order valence-electron chi connectivity index (χ1n) is 10.2. The second-order valence-corrected chi connectivity index (χ2v) is 7.50. The van der Waals surface area contributed by atoms with Gasteiger partial charge in [-0.1, -0.05) is 44.2 Å². The molecule has 2 heterocycles. The average Bonchev–Trinajstić information content (AvgIpc) is 3.45. The number of hydrogen-bond donors (Lipinski definition) is 1. The van der Waals surface area contributed by atoms with Crippen LogP contribution < -0.4 is 10.1 Å². The molecule has 0 saturated carbocycles. The normalized spacial score (nSPS) is 10.7. The molecule has 2 aromatic heterocycles. The Kier molecular flexibility index (Phi) is 6.04. The molecule has 0 radical (unpaired) electrons. The van der Waals surface area contributed by atoms with Gasteiger partial charge >= 0.3 is 0 Å². The van der Waals surface area contributed by atoms with E-state index in [0.717, 1.165) is 11.4 Å². The summed E-state index contributed by atoms with van der Waals surface area (Å²) in [4.78, 5) is 12.8. The van der Waals surface area contributed by atoms with Crippen LogP contribution in [-0.2, 0) is 6.61 Å². The number of nitrogens with zero attached hydrogens (tertiary/aromatic N) is 3. The third-order valence-corrected chi connectivity index (χ3v) is 4.94. The minimum absolute atomic E-state index is 0.114. The monoisotopic (exact) mass is 426 g/mol. The lowest BCUT2D eigenvalue weighted by molar-refractivity contribution is 0.0992. The van der Waals surface area contributed by atoms with Crippen LogP contribution in [-0.4, -0.2) is 15.7 Å². The average molecular weight is 426 g/mol. The Morgan fingerprint density at radius 2 is 1.88 bits per heavy atom. The molecular weight excluding hydrogens is 404 g/mol. The number of hydrogen-bond acceptors (Lipinski definition) is 5. The van der Waals surface area contributed by atoms with Crippen molar-refractivity contribution in [2.75, 3.05) is 5.32 Å². The molecule has 1 amide bonds. The molecule has 0 aliphatic carbocycles. The van der Waals surface area contributed by atoms with Crippen LogP contribution in [0.3, 0.4) is 0 Å². The topological polar surface area (TPSA) is 93.1 Å². The van der Waals surface area contributed by atoms with Crippen molar-refractivity contribution >= 4 is 11.7 Å². The maximum Gasteiger partial charge on any atom is 0.292 e. The van der Waals surface area contributed by atoms with Crippen LogP contribution in [0.4, 0.5) is 5.82 Å². The minimum atomic E-state index is -0.480. The number of carbonyl (C=O) groups excluding carboxylic acids is 1. The van der Waals surface area contributed by atoms with E-state index < -0.39 is 5.91 Å². The zero-order valence-corrected chi connectivity index (χ0v) is 17.8. The lowest BCUT2D eigenvalue weighted by atomic mass is 10.0. The summed E-state index contributed by atoms with van der Waals surface area (Å²) in [5, 5.41) is 16.3. The Labute approximate surface area is 185 Å². The van der Waals surface area contributed by atoms with Gasteiger partial charge in [-0.2, -0.15) is 10.4 Å². The van der Waals surface area contributed by atoms with Crippen molar-refractivity contribution in [3.63, 3.8) is 0 Å². The number of aromatic nitrogens is 2. The predicted octanol–water partition coefficient (Wildman–Crippen LogP) is 5.29. The summed E-state index contributed by atoms with van der Waals surface area (Å²) < 4.78 is 12.9. The van der Waals surface area contributed by atoms with Crippen LogP contribution >= 0.6 is 0 Å². The molecule has 0 fully saturated rings. The van der Waals surface area contributed by atoms with Crippen molar-refractivity contribution in [2.24, 2.45) is 0 Å². The number of carbonyl (C=O) groups is 1. The van der Waals surface area contributed by atoms with E-state index in [2.05, 4.69) is 24.3 Å². The fourth-order valence-corrected chi connectivity index (χ4v) is 3.17. The van der Waals surface area contributed by atoms with Crippen LogP contribution in [0.25, 0.3) is 5.69 Å². The zero-order valence-electron chi connectivity index (χ0n) is 17.8. The zero-order chi connectivity index (χ0) is 22.5. The molecule has 0 bridgehead atoms. The lowest BCUT2D eigenvalue weighted by Crippen LogP contribution is -2.15. The van der Waals surface area contributed by atoms with Crippen LogP contribution in [0.2, 0.25) is 0 Å². The van der Waals surface area contributed by atoms with E-state index in [-0.39, 0.29) is 23.7 Å². The molecule has 0 unspecified atom stereocenters. The van der Waals surface area contributed by atoms with Gasteiger partial charge in [0.2, 0.25) is 0 Å². The van der Waals surface area contributed by atoms with E-state index in [4.69, 9.17) is 9.15 Å². The first kappa shape index (κ1) is 20.9. The number of rotatable bonds is 7. The van der Waals surface area contributed by atoms with E-state index >= 15 is 0 Å². The summed E-state index contributed by atoms with van der Waals surface area (Å²) in [7, 11) is 0. The van der Waals surface area contributed by atoms with Crippen LogP contribution in [0.5, 0.6) is 5.75 Å². The molecule has 32 heavy (non-hydrogen) atoms. The molecule has 4 aromatic rings. The van der Waals surface area contributed by atoms with E-state index in [9.17, 15) is 10.1 Å². The Morgan fingerprint density at radius 3 is 2.56 bits per heavy atom. The van der Waals surface area contributed by atoms with Gasteiger partial charge in [-0.15, -0.1) is 0 Å². The quantitative estimate of drug-likeness (QED) is 0.433. The highest BCUT2D eigenvalue weighted by molar-refractivity contribution is 6.02. The highest BCUT2D eigenvalue weighted by Gasteiger charge is 2.18. The number of para-hydroxylation sites is 1. The van der Waals surface area contributed by atoms with E-state index in [1.807, 2.05) is 60.7 Å². The van der Waals surface area contributed by atoms with Crippen molar-refractivity contribution in [2.45, 2.75) is 26.4 Å². The highest BCUT2D eigenvalue weighted by Crippen LogP contribution is 2.22. The van der Waals surface area contributed by atoms with Crippen LogP contribution in [0, 0.1) is 11.3 Å². The van der Waals surface area contributed by atoms with E-state index in [1.54, 1.807) is 12.1 Å². The second kappa shape index (κ2) is 9.23. The van der Waals surface area contributed by atoms with Crippen molar-refractivity contribution < 1.29 is 13.9 Å². The molecule has 7 heteroatoms. The first-order valence-corrected chi connectivity index (χ1v) is 10.2. The Hall–Kier alpha value is -4.31. The maximum atomic E-state index is 12.8. The number of amides is 1. The number of benzene rings is 2. The highest BCUT2D eigenvalue weighted by atomic mass is 16.5. The predicted molar refractivity (Wildman–Crippen MR) is 120 cm³/mol. The molecule has 0 aliphatic heterocycles. The smallest absolute Gasteiger partial charge is 0.292 e. The summed E-state index contributed by atoms with van der Waals surface area (Å²) in [6, 6.07) is 22.5. The lowest BCUT2D eigenvalue weighted by Gasteiger charge is -2.09. The SMILES string of the molecule is CC(C)c1ccc(OCc2ccc(C(=O)Nc3c(C#N)cnn3-c3ccccc3)o2)cc1. The summed E-state index contributed by atoms with van der Waals surface area (Å²) in [6.45, 7) is 4.47. The molecule has 0 spiro atoms. The van der Waals surface area contributed by atoms with Gasteiger partial charge in [-0.3, -0.25) is 4.79 Å². The Balaban J connectivity index is 1.45. The first-order chi connectivity index (χ1) is 15.5. The van der Waals surface area contributed by atoms with Gasteiger partial charge < -0.3 is 14.5 Å².